The zero-order chi connectivity index (χ0) is 10.6. The highest BCUT2D eigenvalue weighted by Crippen LogP contribution is 2.18. The van der Waals surface area contributed by atoms with Gasteiger partial charge in [-0.1, -0.05) is 31.4 Å². The normalized spacial score (nSPS) is 20.1. The largest absolute Gasteiger partial charge is 0.353 e. The van der Waals surface area contributed by atoms with E-state index in [4.69, 9.17) is 0 Å². The monoisotopic (exact) mass is 195 g/mol. The average molecular weight is 195 g/mol. The number of carbonyl (C=O) groups is 1. The molecule has 0 radical (unpaired) electrons. The molecule has 1 rings (SSSR count). The second-order valence-electron chi connectivity index (χ2n) is 4.41. The van der Waals surface area contributed by atoms with Gasteiger partial charge in [0.1, 0.15) is 0 Å². The number of hydrogen-bond donors (Lipinski definition) is 1. The molecular formula is C12H21NO. The summed E-state index contributed by atoms with van der Waals surface area (Å²) in [6.45, 7) is 7.63. The second-order valence-corrected chi connectivity index (χ2v) is 4.41. The van der Waals surface area contributed by atoms with Crippen molar-refractivity contribution in [1.29, 1.82) is 0 Å². The van der Waals surface area contributed by atoms with Crippen LogP contribution in [0.15, 0.2) is 12.2 Å². The second kappa shape index (κ2) is 5.18. The van der Waals surface area contributed by atoms with Gasteiger partial charge in [-0.05, 0) is 26.7 Å². The number of carbonyl (C=O) groups excluding carboxylic acids is 1. The molecule has 1 unspecified atom stereocenters. The third-order valence-corrected chi connectivity index (χ3v) is 3.08. The molecule has 80 valence electrons. The Morgan fingerprint density at radius 2 is 1.93 bits per heavy atom. The molecular weight excluding hydrogens is 174 g/mol. The van der Waals surface area contributed by atoms with Gasteiger partial charge in [0.15, 0.2) is 0 Å². The lowest BCUT2D eigenvalue weighted by atomic mass is 9.94. The molecule has 14 heavy (non-hydrogen) atoms. The van der Waals surface area contributed by atoms with Crippen molar-refractivity contribution in [1.82, 2.24) is 5.32 Å². The summed E-state index contributed by atoms with van der Waals surface area (Å²) in [5.74, 6) is 0.0985. The summed E-state index contributed by atoms with van der Waals surface area (Å²) >= 11 is 0. The molecule has 0 spiro atoms. The first kappa shape index (κ1) is 11.3. The van der Waals surface area contributed by atoms with E-state index in [1.54, 1.807) is 0 Å². The van der Waals surface area contributed by atoms with Crippen LogP contribution in [0.1, 0.15) is 46.0 Å². The fourth-order valence-electron chi connectivity index (χ4n) is 1.80. The minimum atomic E-state index is -0.0445. The number of hydrogen-bond acceptors (Lipinski definition) is 1. The number of rotatable bonds is 3. The topological polar surface area (TPSA) is 29.1 Å². The summed E-state index contributed by atoms with van der Waals surface area (Å²) < 4.78 is 0. The van der Waals surface area contributed by atoms with E-state index in [-0.39, 0.29) is 11.8 Å². The first-order valence-electron chi connectivity index (χ1n) is 5.57. The molecule has 1 fully saturated rings. The van der Waals surface area contributed by atoms with Crippen LogP contribution in [0, 0.1) is 5.92 Å². The highest BCUT2D eigenvalue weighted by molar-refractivity contribution is 5.81. The van der Waals surface area contributed by atoms with Crippen molar-refractivity contribution < 1.29 is 4.79 Å². The predicted molar refractivity (Wildman–Crippen MR) is 59.0 cm³/mol. The summed E-state index contributed by atoms with van der Waals surface area (Å²) in [6.07, 6.45) is 6.13. The lowest BCUT2D eigenvalue weighted by Crippen LogP contribution is -2.39. The lowest BCUT2D eigenvalue weighted by Gasteiger charge is -2.24. The summed E-state index contributed by atoms with van der Waals surface area (Å²) in [5, 5.41) is 3.10. The molecule has 2 nitrogen and oxygen atoms in total. The van der Waals surface area contributed by atoms with Gasteiger partial charge in [-0.15, -0.1) is 0 Å². The molecule has 0 aromatic rings. The first-order valence-corrected chi connectivity index (χ1v) is 5.57. The average Bonchev–Trinajstić information content (AvgIpc) is 2.18. The van der Waals surface area contributed by atoms with Crippen LogP contribution >= 0.6 is 0 Å². The molecule has 0 bridgehead atoms. The summed E-state index contributed by atoms with van der Waals surface area (Å²) in [6, 6.07) is 0.415. The third kappa shape index (κ3) is 3.17. The van der Waals surface area contributed by atoms with Gasteiger partial charge in [-0.2, -0.15) is 0 Å². The van der Waals surface area contributed by atoms with Crippen LogP contribution in [0.25, 0.3) is 0 Å². The van der Waals surface area contributed by atoms with E-state index in [2.05, 4.69) is 11.9 Å². The fourth-order valence-corrected chi connectivity index (χ4v) is 1.80. The maximum atomic E-state index is 11.7. The molecule has 0 saturated heterocycles. The highest BCUT2D eigenvalue weighted by atomic mass is 16.1. The van der Waals surface area contributed by atoms with E-state index in [1.165, 1.54) is 19.3 Å². The molecule has 1 amide bonds. The van der Waals surface area contributed by atoms with Crippen molar-refractivity contribution >= 4 is 5.91 Å². The van der Waals surface area contributed by atoms with Crippen molar-refractivity contribution in [3.8, 4) is 0 Å². The van der Waals surface area contributed by atoms with E-state index in [0.717, 1.165) is 18.4 Å². The van der Waals surface area contributed by atoms with Gasteiger partial charge >= 0.3 is 0 Å². The van der Waals surface area contributed by atoms with Gasteiger partial charge < -0.3 is 5.32 Å². The Balaban J connectivity index is 2.35. The Morgan fingerprint density at radius 1 is 1.36 bits per heavy atom. The maximum Gasteiger partial charge on any atom is 0.227 e. The van der Waals surface area contributed by atoms with Gasteiger partial charge in [0, 0.05) is 6.04 Å². The SMILES string of the molecule is C=C(C)C(C)C(=O)NC1CCCCC1. The Hall–Kier alpha value is -0.790. The summed E-state index contributed by atoms with van der Waals surface area (Å²) in [4.78, 5) is 11.7. The maximum absolute atomic E-state index is 11.7. The first-order chi connectivity index (χ1) is 6.61. The Morgan fingerprint density at radius 3 is 2.43 bits per heavy atom. The van der Waals surface area contributed by atoms with E-state index in [1.807, 2.05) is 13.8 Å². The minimum absolute atomic E-state index is 0.0445. The zero-order valence-corrected chi connectivity index (χ0v) is 9.31. The fraction of sp³-hybridized carbons (Fsp3) is 0.750. The van der Waals surface area contributed by atoms with Crippen LogP contribution in [0.4, 0.5) is 0 Å². The van der Waals surface area contributed by atoms with Crippen LogP contribution < -0.4 is 5.32 Å². The van der Waals surface area contributed by atoms with Gasteiger partial charge in [0.05, 0.1) is 5.92 Å². The molecule has 0 heterocycles. The Labute approximate surface area is 86.8 Å². The smallest absolute Gasteiger partial charge is 0.227 e. The van der Waals surface area contributed by atoms with E-state index in [0.29, 0.717) is 6.04 Å². The molecule has 0 aliphatic heterocycles. The van der Waals surface area contributed by atoms with E-state index >= 15 is 0 Å². The van der Waals surface area contributed by atoms with Crippen LogP contribution in [-0.4, -0.2) is 11.9 Å². The molecule has 0 aromatic heterocycles. The van der Waals surface area contributed by atoms with Crippen LogP contribution in [-0.2, 0) is 4.79 Å². The molecule has 0 aromatic carbocycles. The van der Waals surface area contributed by atoms with Gasteiger partial charge in [-0.3, -0.25) is 4.79 Å². The van der Waals surface area contributed by atoms with Gasteiger partial charge in [0.2, 0.25) is 5.91 Å². The lowest BCUT2D eigenvalue weighted by molar-refractivity contribution is -0.124. The Kier molecular flexibility index (Phi) is 4.18. The molecule has 2 heteroatoms. The van der Waals surface area contributed by atoms with Crippen molar-refractivity contribution in [2.24, 2.45) is 5.92 Å². The molecule has 1 saturated carbocycles. The molecule has 1 N–H and O–H groups in total. The number of nitrogens with one attached hydrogen (secondary N) is 1. The quantitative estimate of drug-likeness (QED) is 0.689. The summed E-state index contributed by atoms with van der Waals surface area (Å²) in [5.41, 5.74) is 0.943. The van der Waals surface area contributed by atoms with Gasteiger partial charge in [0.25, 0.3) is 0 Å². The molecule has 1 atom stereocenters. The van der Waals surface area contributed by atoms with Crippen LogP contribution in [0.5, 0.6) is 0 Å². The van der Waals surface area contributed by atoms with Crippen molar-refractivity contribution in [2.75, 3.05) is 0 Å². The molecule has 1 aliphatic rings. The van der Waals surface area contributed by atoms with Crippen molar-refractivity contribution in [3.63, 3.8) is 0 Å². The third-order valence-electron chi connectivity index (χ3n) is 3.08. The van der Waals surface area contributed by atoms with Gasteiger partial charge in [-0.25, -0.2) is 0 Å². The van der Waals surface area contributed by atoms with Crippen molar-refractivity contribution in [3.05, 3.63) is 12.2 Å². The Bertz CT molecular complexity index is 216. The van der Waals surface area contributed by atoms with Crippen LogP contribution in [0.2, 0.25) is 0 Å². The highest BCUT2D eigenvalue weighted by Gasteiger charge is 2.19. The predicted octanol–water partition coefficient (Wildman–Crippen LogP) is 2.65. The number of amides is 1. The van der Waals surface area contributed by atoms with E-state index < -0.39 is 0 Å². The van der Waals surface area contributed by atoms with Crippen molar-refractivity contribution in [2.45, 2.75) is 52.0 Å². The van der Waals surface area contributed by atoms with E-state index in [9.17, 15) is 4.79 Å². The minimum Gasteiger partial charge on any atom is -0.353 e. The van der Waals surface area contributed by atoms with Crippen LogP contribution in [0.3, 0.4) is 0 Å². The standard InChI is InChI=1S/C12H21NO/c1-9(2)10(3)12(14)13-11-7-5-4-6-8-11/h10-11H,1,4-8H2,2-3H3,(H,13,14). The summed E-state index contributed by atoms with van der Waals surface area (Å²) in [7, 11) is 0. The molecule has 1 aliphatic carbocycles. The zero-order valence-electron chi connectivity index (χ0n) is 9.31.